The SMILES string of the molecule is FC1(F)CC1C1CCCNC1. The van der Waals surface area contributed by atoms with Gasteiger partial charge in [-0.3, -0.25) is 0 Å². The summed E-state index contributed by atoms with van der Waals surface area (Å²) < 4.78 is 25.1. The van der Waals surface area contributed by atoms with Crippen LogP contribution in [-0.4, -0.2) is 19.0 Å². The van der Waals surface area contributed by atoms with Crippen molar-refractivity contribution < 1.29 is 8.78 Å². The van der Waals surface area contributed by atoms with Gasteiger partial charge in [-0.25, -0.2) is 8.78 Å². The fraction of sp³-hybridized carbons (Fsp3) is 1.00. The highest BCUT2D eigenvalue weighted by atomic mass is 19.3. The molecule has 0 aromatic heterocycles. The molecule has 1 saturated heterocycles. The lowest BCUT2D eigenvalue weighted by Crippen LogP contribution is -2.31. The van der Waals surface area contributed by atoms with Gasteiger partial charge in [0.1, 0.15) is 0 Å². The van der Waals surface area contributed by atoms with Crippen molar-refractivity contribution in [1.82, 2.24) is 5.32 Å². The molecule has 0 spiro atoms. The van der Waals surface area contributed by atoms with Crippen LogP contribution in [0.4, 0.5) is 8.78 Å². The normalized spacial score (nSPS) is 42.0. The Kier molecular flexibility index (Phi) is 1.63. The van der Waals surface area contributed by atoms with E-state index in [4.69, 9.17) is 0 Å². The molecule has 0 bridgehead atoms. The standard InChI is InChI=1S/C8H13F2N/c9-8(10)4-7(8)6-2-1-3-11-5-6/h6-7,11H,1-5H2. The van der Waals surface area contributed by atoms with Gasteiger partial charge in [0.2, 0.25) is 0 Å². The number of hydrogen-bond acceptors (Lipinski definition) is 1. The van der Waals surface area contributed by atoms with E-state index in [0.717, 1.165) is 25.9 Å². The first kappa shape index (κ1) is 7.47. The third kappa shape index (κ3) is 1.39. The average molecular weight is 161 g/mol. The summed E-state index contributed by atoms with van der Waals surface area (Å²) in [5.41, 5.74) is 0. The monoisotopic (exact) mass is 161 g/mol. The van der Waals surface area contributed by atoms with Crippen LogP contribution in [0.15, 0.2) is 0 Å². The molecule has 2 rings (SSSR count). The van der Waals surface area contributed by atoms with Gasteiger partial charge >= 0.3 is 0 Å². The van der Waals surface area contributed by atoms with Crippen molar-refractivity contribution in [3.8, 4) is 0 Å². The van der Waals surface area contributed by atoms with Gasteiger partial charge in [-0.05, 0) is 31.8 Å². The topological polar surface area (TPSA) is 12.0 Å². The third-order valence-corrected chi connectivity index (χ3v) is 2.78. The van der Waals surface area contributed by atoms with Gasteiger partial charge in [-0.2, -0.15) is 0 Å². The van der Waals surface area contributed by atoms with Crippen molar-refractivity contribution in [3.05, 3.63) is 0 Å². The summed E-state index contributed by atoms with van der Waals surface area (Å²) >= 11 is 0. The van der Waals surface area contributed by atoms with E-state index in [1.165, 1.54) is 0 Å². The molecule has 1 aliphatic heterocycles. The number of rotatable bonds is 1. The first-order valence-corrected chi connectivity index (χ1v) is 4.29. The molecule has 2 fully saturated rings. The van der Waals surface area contributed by atoms with Crippen molar-refractivity contribution in [2.45, 2.75) is 25.2 Å². The molecule has 2 atom stereocenters. The highest BCUT2D eigenvalue weighted by Gasteiger charge is 2.59. The van der Waals surface area contributed by atoms with Crippen molar-refractivity contribution in [2.75, 3.05) is 13.1 Å². The Morgan fingerprint density at radius 1 is 1.36 bits per heavy atom. The first-order valence-electron chi connectivity index (χ1n) is 4.29. The third-order valence-electron chi connectivity index (χ3n) is 2.78. The molecule has 2 aliphatic rings. The second-order valence-electron chi connectivity index (χ2n) is 3.68. The van der Waals surface area contributed by atoms with Crippen molar-refractivity contribution >= 4 is 0 Å². The molecule has 0 radical (unpaired) electrons. The molecule has 3 heteroatoms. The fourth-order valence-electron chi connectivity index (χ4n) is 1.97. The van der Waals surface area contributed by atoms with Gasteiger partial charge in [0, 0.05) is 12.3 Å². The van der Waals surface area contributed by atoms with Crippen molar-refractivity contribution in [2.24, 2.45) is 11.8 Å². The lowest BCUT2D eigenvalue weighted by molar-refractivity contribution is 0.0803. The highest BCUT2D eigenvalue weighted by molar-refractivity contribution is 5.00. The second kappa shape index (κ2) is 2.41. The van der Waals surface area contributed by atoms with Crippen LogP contribution in [0.2, 0.25) is 0 Å². The molecule has 1 heterocycles. The van der Waals surface area contributed by atoms with Crippen molar-refractivity contribution in [1.29, 1.82) is 0 Å². The Balaban J connectivity index is 1.86. The minimum atomic E-state index is -2.32. The Hall–Kier alpha value is -0.180. The van der Waals surface area contributed by atoms with Crippen LogP contribution in [0.1, 0.15) is 19.3 Å². The van der Waals surface area contributed by atoms with E-state index in [1.807, 2.05) is 0 Å². The number of hydrogen-bond donors (Lipinski definition) is 1. The zero-order valence-electron chi connectivity index (χ0n) is 6.45. The largest absolute Gasteiger partial charge is 0.316 e. The highest BCUT2D eigenvalue weighted by Crippen LogP contribution is 2.54. The van der Waals surface area contributed by atoms with E-state index in [-0.39, 0.29) is 18.3 Å². The summed E-state index contributed by atoms with van der Waals surface area (Å²) in [5.74, 6) is -2.36. The smallest absolute Gasteiger partial charge is 0.251 e. The molecule has 1 N–H and O–H groups in total. The maximum absolute atomic E-state index is 12.6. The van der Waals surface area contributed by atoms with Crippen LogP contribution in [-0.2, 0) is 0 Å². The Morgan fingerprint density at radius 3 is 2.55 bits per heavy atom. The number of nitrogens with one attached hydrogen (secondary N) is 1. The molecule has 0 aromatic rings. The first-order chi connectivity index (χ1) is 5.20. The van der Waals surface area contributed by atoms with Crippen LogP contribution in [0.3, 0.4) is 0 Å². The van der Waals surface area contributed by atoms with Crippen LogP contribution < -0.4 is 5.32 Å². The summed E-state index contributed by atoms with van der Waals surface area (Å²) in [5, 5.41) is 3.16. The van der Waals surface area contributed by atoms with Crippen LogP contribution >= 0.6 is 0 Å². The average Bonchev–Trinajstić information content (AvgIpc) is 2.62. The fourth-order valence-corrected chi connectivity index (χ4v) is 1.97. The zero-order chi connectivity index (χ0) is 7.90. The minimum absolute atomic E-state index is 0.138. The van der Waals surface area contributed by atoms with Crippen LogP contribution in [0.25, 0.3) is 0 Å². The Labute approximate surface area is 65.2 Å². The Bertz CT molecular complexity index is 152. The van der Waals surface area contributed by atoms with Gasteiger partial charge in [-0.15, -0.1) is 0 Å². The molecule has 2 unspecified atom stereocenters. The molecule has 1 aliphatic carbocycles. The molecular weight excluding hydrogens is 148 g/mol. The van der Waals surface area contributed by atoms with Crippen LogP contribution in [0, 0.1) is 11.8 Å². The maximum atomic E-state index is 12.6. The lowest BCUT2D eigenvalue weighted by Gasteiger charge is -2.22. The summed E-state index contributed by atoms with van der Waals surface area (Å²) in [4.78, 5) is 0. The summed E-state index contributed by atoms with van der Waals surface area (Å²) in [6.45, 7) is 1.81. The van der Waals surface area contributed by atoms with Crippen molar-refractivity contribution in [3.63, 3.8) is 0 Å². The van der Waals surface area contributed by atoms with Gasteiger partial charge in [0.15, 0.2) is 0 Å². The van der Waals surface area contributed by atoms with E-state index < -0.39 is 5.92 Å². The molecule has 1 nitrogen and oxygen atoms in total. The van der Waals surface area contributed by atoms with E-state index in [9.17, 15) is 8.78 Å². The number of halogens is 2. The zero-order valence-corrected chi connectivity index (χ0v) is 6.45. The quantitative estimate of drug-likeness (QED) is 0.616. The minimum Gasteiger partial charge on any atom is -0.316 e. The maximum Gasteiger partial charge on any atom is 0.251 e. The predicted molar refractivity (Wildman–Crippen MR) is 38.6 cm³/mol. The Morgan fingerprint density at radius 2 is 2.09 bits per heavy atom. The predicted octanol–water partition coefficient (Wildman–Crippen LogP) is 1.64. The van der Waals surface area contributed by atoms with Gasteiger partial charge in [-0.1, -0.05) is 0 Å². The molecular formula is C8H13F2N. The van der Waals surface area contributed by atoms with Gasteiger partial charge in [0.25, 0.3) is 5.92 Å². The molecule has 0 amide bonds. The van der Waals surface area contributed by atoms with Gasteiger partial charge in [0.05, 0.1) is 0 Å². The molecule has 64 valence electrons. The summed E-state index contributed by atoms with van der Waals surface area (Å²) in [6, 6.07) is 0. The second-order valence-corrected chi connectivity index (χ2v) is 3.68. The molecule has 0 aromatic carbocycles. The lowest BCUT2D eigenvalue weighted by atomic mass is 9.94. The molecule has 11 heavy (non-hydrogen) atoms. The summed E-state index contributed by atoms with van der Waals surface area (Å²) in [7, 11) is 0. The molecule has 1 saturated carbocycles. The van der Waals surface area contributed by atoms with E-state index in [2.05, 4.69) is 5.32 Å². The van der Waals surface area contributed by atoms with E-state index >= 15 is 0 Å². The van der Waals surface area contributed by atoms with Gasteiger partial charge < -0.3 is 5.32 Å². The number of alkyl halides is 2. The van der Waals surface area contributed by atoms with E-state index in [1.54, 1.807) is 0 Å². The van der Waals surface area contributed by atoms with Crippen LogP contribution in [0.5, 0.6) is 0 Å². The van der Waals surface area contributed by atoms with E-state index in [0.29, 0.717) is 0 Å². The summed E-state index contributed by atoms with van der Waals surface area (Å²) in [6.07, 6.45) is 2.20. The number of piperidine rings is 1.